The first kappa shape index (κ1) is 33.1. The van der Waals surface area contributed by atoms with Crippen molar-refractivity contribution in [2.24, 2.45) is 11.8 Å². The first-order valence-electron chi connectivity index (χ1n) is 13.0. The zero-order chi connectivity index (χ0) is 31.2. The lowest BCUT2D eigenvalue weighted by atomic mass is 9.67. The van der Waals surface area contributed by atoms with Crippen LogP contribution in [0.4, 0.5) is 26.3 Å². The Kier molecular flexibility index (Phi) is 9.16. The van der Waals surface area contributed by atoms with Crippen LogP contribution in [0.25, 0.3) is 0 Å². The number of aromatic nitrogens is 1. The molecule has 1 aromatic carbocycles. The Morgan fingerprint density at radius 1 is 1.00 bits per heavy atom. The molecule has 13 heteroatoms. The highest BCUT2D eigenvalue weighted by Crippen LogP contribution is 2.48. The maximum atomic E-state index is 13.3. The number of rotatable bonds is 10. The summed E-state index contributed by atoms with van der Waals surface area (Å²) < 4.78 is 117. The van der Waals surface area contributed by atoms with Gasteiger partial charge in [-0.1, -0.05) is 19.9 Å². The molecule has 1 atom stereocenters. The van der Waals surface area contributed by atoms with Crippen LogP contribution in [-0.4, -0.2) is 39.3 Å². The number of benzene rings is 1. The summed E-state index contributed by atoms with van der Waals surface area (Å²) >= 11 is 0. The van der Waals surface area contributed by atoms with Crippen molar-refractivity contribution in [3.63, 3.8) is 0 Å². The second-order valence-corrected chi connectivity index (χ2v) is 16.7. The predicted octanol–water partition coefficient (Wildman–Crippen LogP) is 7.23. The summed E-state index contributed by atoms with van der Waals surface area (Å²) in [5.41, 5.74) is -2.46. The van der Waals surface area contributed by atoms with Crippen LogP contribution in [0.15, 0.2) is 46.3 Å². The third kappa shape index (κ3) is 6.81. The average molecular weight is 626 g/mol. The van der Waals surface area contributed by atoms with Crippen LogP contribution in [0.5, 0.6) is 0 Å². The van der Waals surface area contributed by atoms with Gasteiger partial charge in [0.05, 0.1) is 25.7 Å². The molecule has 1 aliphatic carbocycles. The van der Waals surface area contributed by atoms with Gasteiger partial charge in [0.25, 0.3) is 0 Å². The van der Waals surface area contributed by atoms with E-state index in [1.807, 2.05) is 0 Å². The number of nitrogens with zero attached hydrogens (tertiary/aromatic N) is 1. The van der Waals surface area contributed by atoms with E-state index in [1.165, 1.54) is 27.7 Å². The number of pyridine rings is 1. The quantitative estimate of drug-likeness (QED) is 0.158. The molecule has 0 spiro atoms. The molecule has 1 unspecified atom stereocenters. The van der Waals surface area contributed by atoms with Crippen molar-refractivity contribution in [3.05, 3.63) is 53.3 Å². The van der Waals surface area contributed by atoms with Crippen molar-refractivity contribution < 1.29 is 43.8 Å². The summed E-state index contributed by atoms with van der Waals surface area (Å²) in [5.74, 6) is 2.78. The normalized spacial score (nSPS) is 20.0. The number of alkyl halides is 6. The maximum Gasteiger partial charge on any atom is 0.417 e. The second-order valence-electron chi connectivity index (χ2n) is 11.3. The first-order valence-corrected chi connectivity index (χ1v) is 16.3. The van der Waals surface area contributed by atoms with Crippen LogP contribution in [0, 0.1) is 11.8 Å². The minimum absolute atomic E-state index is 0.0634. The zero-order valence-corrected chi connectivity index (χ0v) is 24.7. The number of hydrogen-bond acceptors (Lipinski definition) is 5. The highest BCUT2D eigenvalue weighted by Gasteiger charge is 2.48. The first-order chi connectivity index (χ1) is 18.6. The number of carbonyl (C=O) groups excluding carboxylic acids is 1. The van der Waals surface area contributed by atoms with E-state index in [4.69, 9.17) is 0 Å². The van der Waals surface area contributed by atoms with Gasteiger partial charge in [-0.05, 0) is 81.5 Å². The fourth-order valence-electron chi connectivity index (χ4n) is 4.90. The average Bonchev–Trinajstić information content (AvgIpc) is 2.83. The van der Waals surface area contributed by atoms with Gasteiger partial charge in [0, 0.05) is 27.4 Å². The van der Waals surface area contributed by atoms with E-state index in [-0.39, 0.29) is 28.8 Å². The summed E-state index contributed by atoms with van der Waals surface area (Å²) in [6.07, 6.45) is -7.08. The van der Waals surface area contributed by atoms with Crippen molar-refractivity contribution in [1.82, 2.24) is 4.98 Å². The summed E-state index contributed by atoms with van der Waals surface area (Å²) in [6, 6.07) is 4.36. The van der Waals surface area contributed by atoms with Gasteiger partial charge in [-0.2, -0.15) is 26.3 Å². The van der Waals surface area contributed by atoms with Gasteiger partial charge in [0.1, 0.15) is 5.69 Å². The molecule has 0 amide bonds. The molecule has 0 saturated heterocycles. The molecule has 41 heavy (non-hydrogen) atoms. The summed E-state index contributed by atoms with van der Waals surface area (Å²) in [6.45, 7) is 6.06. The predicted molar refractivity (Wildman–Crippen MR) is 145 cm³/mol. The van der Waals surface area contributed by atoms with Crippen molar-refractivity contribution in [2.45, 2.75) is 91.9 Å². The molecule has 1 heterocycles. The number of halogens is 6. The van der Waals surface area contributed by atoms with E-state index >= 15 is 0 Å². The van der Waals surface area contributed by atoms with E-state index < -0.39 is 63.5 Å². The number of sulfone groups is 1. The number of carbonyl (C=O) groups is 1. The molecule has 0 radical (unpaired) electrons. The van der Waals surface area contributed by atoms with Crippen LogP contribution >= 0.6 is 0 Å². The Balaban J connectivity index is 1.66. The van der Waals surface area contributed by atoms with E-state index in [0.717, 1.165) is 18.2 Å². The molecule has 0 aliphatic heterocycles. The minimum Gasteiger partial charge on any atom is -0.292 e. The fraction of sp³-hybridized carbons (Fsp3) is 0.536. The Hall–Kier alpha value is -2.41. The summed E-state index contributed by atoms with van der Waals surface area (Å²) in [5, 5.41) is -0.637. The lowest BCUT2D eigenvalue weighted by Crippen LogP contribution is -2.46. The molecule has 0 N–H and O–H groups in total. The van der Waals surface area contributed by atoms with E-state index in [1.54, 1.807) is 0 Å². The number of ketones is 1. The molecular formula is C28H33F6NO4S2. The van der Waals surface area contributed by atoms with Crippen LogP contribution < -0.4 is 0 Å². The minimum atomic E-state index is -4.74. The van der Waals surface area contributed by atoms with Gasteiger partial charge in [-0.3, -0.25) is 14.0 Å². The van der Waals surface area contributed by atoms with Gasteiger partial charge in [-0.15, -0.1) is 0 Å². The summed E-state index contributed by atoms with van der Waals surface area (Å²) in [7, 11) is -7.33. The third-order valence-corrected chi connectivity index (χ3v) is 13.1. The molecule has 1 aromatic heterocycles. The molecule has 5 nitrogen and oxygen atoms in total. The molecule has 2 aromatic rings. The van der Waals surface area contributed by atoms with E-state index in [2.05, 4.69) is 10.9 Å². The maximum absolute atomic E-state index is 13.3. The molecule has 0 bridgehead atoms. The molecular weight excluding hydrogens is 592 g/mol. The number of hydrogen-bond donors (Lipinski definition) is 0. The van der Waals surface area contributed by atoms with Crippen LogP contribution in [0.2, 0.25) is 0 Å². The van der Waals surface area contributed by atoms with E-state index in [9.17, 15) is 43.8 Å². The fourth-order valence-corrected chi connectivity index (χ4v) is 8.00. The Morgan fingerprint density at radius 2 is 1.59 bits per heavy atom. The van der Waals surface area contributed by atoms with Gasteiger partial charge < -0.3 is 0 Å². The highest BCUT2D eigenvalue weighted by molar-refractivity contribution is 8.01. The lowest BCUT2D eigenvalue weighted by Gasteiger charge is -2.45. The van der Waals surface area contributed by atoms with Crippen molar-refractivity contribution >= 4 is 31.0 Å². The Morgan fingerprint density at radius 3 is 2.12 bits per heavy atom. The number of Topliss-reactive ketones (excluding diaryl/α,β-unsaturated/α-hetero) is 1. The van der Waals surface area contributed by atoms with Gasteiger partial charge in [-0.25, -0.2) is 8.42 Å². The smallest absolute Gasteiger partial charge is 0.292 e. The molecule has 1 aliphatic rings. The highest BCUT2D eigenvalue weighted by atomic mass is 32.2. The van der Waals surface area contributed by atoms with Gasteiger partial charge in [0.2, 0.25) is 0 Å². The monoisotopic (exact) mass is 625 g/mol. The Bertz CT molecular complexity index is 1500. The lowest BCUT2D eigenvalue weighted by molar-refractivity contribution is -0.138. The summed E-state index contributed by atoms with van der Waals surface area (Å²) in [4.78, 5) is 15.9. The largest absolute Gasteiger partial charge is 0.417 e. The second kappa shape index (κ2) is 11.3. The van der Waals surface area contributed by atoms with Crippen LogP contribution in [0.3, 0.4) is 0 Å². The van der Waals surface area contributed by atoms with Crippen molar-refractivity contribution in [2.75, 3.05) is 0 Å². The topological polar surface area (TPSA) is 81.2 Å². The zero-order valence-electron chi connectivity index (χ0n) is 23.1. The van der Waals surface area contributed by atoms with E-state index in [0.29, 0.717) is 44.0 Å². The molecule has 228 valence electrons. The van der Waals surface area contributed by atoms with Crippen molar-refractivity contribution in [1.29, 1.82) is 0 Å². The SMILES string of the molecule is C=S(=O)(c1cc(C(F)(F)F)cnc1C(=O)CCCC1CC(C(C)(C)S(=O)(=O)c2cccc(C(F)(F)F)c2)C1)C(C)C. The molecule has 1 fully saturated rings. The molecule has 1 saturated carbocycles. The third-order valence-electron chi connectivity index (χ3n) is 7.98. The van der Waals surface area contributed by atoms with Gasteiger partial charge in [0.15, 0.2) is 15.6 Å². The van der Waals surface area contributed by atoms with Crippen molar-refractivity contribution in [3.8, 4) is 0 Å². The molecule has 3 rings (SSSR count). The van der Waals surface area contributed by atoms with Crippen LogP contribution in [0.1, 0.15) is 81.4 Å². The van der Waals surface area contributed by atoms with Gasteiger partial charge >= 0.3 is 12.4 Å². The standard InChI is InChI=1S/C28H33F6NO4S2/c1-17(2)40(5,37)24-15-21(28(32,33)34)16-35-25(24)23(36)11-6-8-18-12-20(13-18)26(3,4)41(38,39)22-10-7-9-19(14-22)27(29,30)31/h7,9-10,14-18,20H,5-6,8,11-13H2,1-4H3. The Labute approximate surface area is 236 Å². The van der Waals surface area contributed by atoms with Crippen LogP contribution in [-0.2, 0) is 31.7 Å².